The van der Waals surface area contributed by atoms with E-state index in [2.05, 4.69) is 207 Å². The van der Waals surface area contributed by atoms with Gasteiger partial charge in [0, 0.05) is 24.2 Å². The highest BCUT2D eigenvalue weighted by Crippen LogP contribution is 2.59. The van der Waals surface area contributed by atoms with E-state index in [1.54, 1.807) is 0 Å². The lowest BCUT2D eigenvalue weighted by atomic mass is 10.0. The summed E-state index contributed by atoms with van der Waals surface area (Å²) >= 11 is 14.7. The Morgan fingerprint density at radius 3 is 0.922 bits per heavy atom. The molecule has 0 N–H and O–H groups in total. The lowest BCUT2D eigenvalue weighted by Gasteiger charge is -2.31. The lowest BCUT2D eigenvalue weighted by Crippen LogP contribution is -2.37. The van der Waals surface area contributed by atoms with Gasteiger partial charge in [-0.1, -0.05) is 206 Å². The zero-order valence-corrected chi connectivity index (χ0v) is 33.2. The van der Waals surface area contributed by atoms with Crippen molar-refractivity contribution in [2.75, 3.05) is 17.8 Å². The van der Waals surface area contributed by atoms with Gasteiger partial charge >= 0.3 is 0 Å². The maximum Gasteiger partial charge on any atom is 0.236 e. The van der Waals surface area contributed by atoms with Crippen molar-refractivity contribution >= 4 is 74.7 Å². The SMILES string of the molecule is CCN(CC)[p+]1c(P(=S)(c2ccccc2)c2ccccc2)c(-c2ccccc2)cc(-c2ccccc2)c1P(=S)(c1ccccc1)c1ccccc1. The molecule has 1 heterocycles. The van der Waals surface area contributed by atoms with Crippen LogP contribution in [-0.2, 0) is 23.6 Å². The van der Waals surface area contributed by atoms with E-state index in [0.29, 0.717) is 0 Å². The second-order valence-electron chi connectivity index (χ2n) is 12.4. The van der Waals surface area contributed by atoms with Gasteiger partial charge in [0.25, 0.3) is 0 Å². The Bertz CT molecular complexity index is 2070. The van der Waals surface area contributed by atoms with Gasteiger partial charge in [-0.2, -0.15) is 0 Å². The Morgan fingerprint density at radius 2 is 0.667 bits per heavy atom. The van der Waals surface area contributed by atoms with Crippen LogP contribution in [0.3, 0.4) is 0 Å². The summed E-state index contributed by atoms with van der Waals surface area (Å²) in [6, 6.07) is 62.7. The highest BCUT2D eigenvalue weighted by atomic mass is 32.4. The van der Waals surface area contributed by atoms with E-state index in [9.17, 15) is 0 Å². The first kappa shape index (κ1) is 35.6. The summed E-state index contributed by atoms with van der Waals surface area (Å²) < 4.78 is 2.69. The van der Waals surface area contributed by atoms with E-state index >= 15 is 0 Å². The molecule has 0 bridgehead atoms. The van der Waals surface area contributed by atoms with Crippen LogP contribution in [0.1, 0.15) is 13.8 Å². The largest absolute Gasteiger partial charge is 0.236 e. The van der Waals surface area contributed by atoms with Gasteiger partial charge in [0.15, 0.2) is 10.1 Å². The van der Waals surface area contributed by atoms with Gasteiger partial charge in [0.05, 0.1) is 12.1 Å². The van der Waals surface area contributed by atoms with Crippen molar-refractivity contribution in [1.82, 2.24) is 0 Å². The molecule has 0 spiro atoms. The van der Waals surface area contributed by atoms with Gasteiger partial charge in [-0.15, -0.1) is 4.67 Å². The van der Waals surface area contributed by atoms with Crippen LogP contribution in [0.2, 0.25) is 0 Å². The molecular formula is C45H41NP3S2+. The topological polar surface area (TPSA) is 3.24 Å². The Morgan fingerprint density at radius 1 is 0.412 bits per heavy atom. The minimum atomic E-state index is -2.66. The Hall–Kier alpha value is -3.77. The van der Waals surface area contributed by atoms with Crippen LogP contribution < -0.4 is 36.0 Å². The highest BCUT2D eigenvalue weighted by Gasteiger charge is 2.47. The maximum absolute atomic E-state index is 7.37. The van der Waals surface area contributed by atoms with Crippen LogP contribution in [0.15, 0.2) is 188 Å². The molecule has 7 aromatic rings. The molecule has 252 valence electrons. The minimum Gasteiger partial charge on any atom is -0.127 e. The molecular weight excluding hydrogens is 712 g/mol. The summed E-state index contributed by atoms with van der Waals surface area (Å²) in [5.74, 6) is 0. The molecule has 0 aliphatic heterocycles. The van der Waals surface area contributed by atoms with Crippen LogP contribution >= 0.6 is 19.8 Å². The van der Waals surface area contributed by atoms with Crippen molar-refractivity contribution in [3.63, 3.8) is 0 Å². The second-order valence-corrected chi connectivity index (χ2v) is 23.8. The van der Waals surface area contributed by atoms with Crippen LogP contribution in [0, 0.1) is 0 Å². The zero-order chi connectivity index (χ0) is 35.3. The fraction of sp³-hybridized carbons (Fsp3) is 0.0889. The number of nitrogens with zero attached hydrogens (tertiary/aromatic N) is 1. The summed E-state index contributed by atoms with van der Waals surface area (Å²) in [5.41, 5.74) is 4.84. The average molecular weight is 753 g/mol. The van der Waals surface area contributed by atoms with E-state index in [-0.39, 0.29) is 0 Å². The van der Waals surface area contributed by atoms with Crippen molar-refractivity contribution in [2.45, 2.75) is 13.8 Å². The molecule has 0 saturated heterocycles. The number of hydrogen-bond donors (Lipinski definition) is 0. The molecule has 6 aromatic carbocycles. The molecule has 1 nitrogen and oxygen atoms in total. The predicted molar refractivity (Wildman–Crippen MR) is 236 cm³/mol. The first-order chi connectivity index (χ1) is 25.0. The van der Waals surface area contributed by atoms with Gasteiger partial charge in [0.1, 0.15) is 0 Å². The molecule has 0 saturated carbocycles. The van der Waals surface area contributed by atoms with E-state index < -0.39 is 19.8 Å². The molecule has 0 fully saturated rings. The van der Waals surface area contributed by atoms with E-state index in [0.717, 1.165) is 13.1 Å². The predicted octanol–water partition coefficient (Wildman–Crippen LogP) is 9.78. The summed E-state index contributed by atoms with van der Waals surface area (Å²) in [4.78, 5) is 0. The van der Waals surface area contributed by atoms with Crippen molar-refractivity contribution in [3.05, 3.63) is 188 Å². The third-order valence-electron chi connectivity index (χ3n) is 9.43. The zero-order valence-electron chi connectivity index (χ0n) is 28.9. The number of rotatable bonds is 11. The molecule has 6 heteroatoms. The quantitative estimate of drug-likeness (QED) is 0.121. The second kappa shape index (κ2) is 15.9. The third kappa shape index (κ3) is 6.69. The van der Waals surface area contributed by atoms with Crippen LogP contribution in [-0.4, -0.2) is 13.1 Å². The van der Waals surface area contributed by atoms with Gasteiger partial charge in [-0.05, 0) is 52.3 Å². The van der Waals surface area contributed by atoms with Crippen LogP contribution in [0.5, 0.6) is 0 Å². The Kier molecular flexibility index (Phi) is 11.1. The number of hydrogen-bond acceptors (Lipinski definition) is 3. The fourth-order valence-corrected chi connectivity index (χ4v) is 22.7. The van der Waals surface area contributed by atoms with Crippen LogP contribution in [0.25, 0.3) is 22.3 Å². The minimum absolute atomic E-state index is 0.872. The standard InChI is InChI=1S/C45H41NP3S2/c1-3-46(4-2)47-44(48(50,38-27-15-7-16-28-38)39-29-17-8-18-30-39)42(36-23-11-5-12-24-36)35-43(37-25-13-6-14-26-37)45(47)49(51,40-31-19-9-20-32-40)41-33-21-10-22-34-41/h5-35H,3-4H2,1-2H3/q+1. The third-order valence-corrected chi connectivity index (χ3v) is 25.0. The molecule has 0 aliphatic carbocycles. The molecule has 0 unspecified atom stereocenters. The molecule has 0 atom stereocenters. The van der Waals surface area contributed by atoms with Gasteiger partial charge in [-0.25, -0.2) is 0 Å². The Balaban J connectivity index is 1.80. The van der Waals surface area contributed by atoms with E-state index in [1.165, 1.54) is 53.5 Å². The molecule has 0 radical (unpaired) electrons. The average Bonchev–Trinajstić information content (AvgIpc) is 3.22. The summed E-state index contributed by atoms with van der Waals surface area (Å²) in [5, 5.41) is 7.54. The smallest absolute Gasteiger partial charge is 0.127 e. The van der Waals surface area contributed by atoms with Gasteiger partial charge in [-0.3, -0.25) is 0 Å². The highest BCUT2D eigenvalue weighted by molar-refractivity contribution is 8.31. The summed E-state index contributed by atoms with van der Waals surface area (Å²) in [7, 11) is -1.21. The molecule has 51 heavy (non-hydrogen) atoms. The molecule has 0 aliphatic rings. The lowest BCUT2D eigenvalue weighted by molar-refractivity contribution is 0.938. The van der Waals surface area contributed by atoms with Crippen molar-refractivity contribution < 1.29 is 0 Å². The summed E-state index contributed by atoms with van der Waals surface area (Å²) in [6.07, 6.45) is 0. The molecule has 7 rings (SSSR count). The van der Waals surface area contributed by atoms with Crippen LogP contribution in [0.4, 0.5) is 0 Å². The van der Waals surface area contributed by atoms with Crippen molar-refractivity contribution in [3.8, 4) is 22.3 Å². The monoisotopic (exact) mass is 752 g/mol. The van der Waals surface area contributed by atoms with Gasteiger partial charge in [0.2, 0.25) is 7.68 Å². The molecule has 0 amide bonds. The maximum atomic E-state index is 7.37. The molecule has 1 aromatic heterocycles. The van der Waals surface area contributed by atoms with E-state index in [1.807, 2.05) is 0 Å². The normalized spacial score (nSPS) is 11.8. The fourth-order valence-electron chi connectivity index (χ4n) is 6.98. The van der Waals surface area contributed by atoms with Gasteiger partial charge < -0.3 is 0 Å². The van der Waals surface area contributed by atoms with E-state index in [4.69, 9.17) is 23.6 Å². The summed E-state index contributed by atoms with van der Waals surface area (Å²) in [6.45, 7) is 6.34. The first-order valence-corrected chi connectivity index (χ1v) is 24.3. The first-order valence-electron chi connectivity index (χ1n) is 17.4. The number of benzene rings is 6. The van der Waals surface area contributed by atoms with Crippen molar-refractivity contribution in [2.24, 2.45) is 0 Å². The van der Waals surface area contributed by atoms with Crippen molar-refractivity contribution in [1.29, 1.82) is 0 Å². The Labute approximate surface area is 314 Å².